The van der Waals surface area contributed by atoms with Gasteiger partial charge in [0.05, 0.1) is 12.1 Å². The van der Waals surface area contributed by atoms with Gasteiger partial charge in [0.25, 0.3) is 5.95 Å². The summed E-state index contributed by atoms with van der Waals surface area (Å²) in [5.41, 5.74) is -0.343. The fraction of sp³-hybridized carbons (Fsp3) is 0.500. The van der Waals surface area contributed by atoms with Crippen molar-refractivity contribution in [2.75, 3.05) is 11.9 Å². The molecule has 2 N–H and O–H groups in total. The first kappa shape index (κ1) is 12.2. The van der Waals surface area contributed by atoms with Gasteiger partial charge < -0.3 is 10.4 Å². The Morgan fingerprint density at radius 2 is 2.21 bits per heavy atom. The lowest BCUT2D eigenvalue weighted by Gasteiger charge is -2.40. The van der Waals surface area contributed by atoms with Gasteiger partial charge in [0.2, 0.25) is 11.2 Å². The Morgan fingerprint density at radius 1 is 1.37 bits per heavy atom. The van der Waals surface area contributed by atoms with Crippen LogP contribution in [0.15, 0.2) is 12.7 Å². The zero-order chi connectivity index (χ0) is 13.3. The summed E-state index contributed by atoms with van der Waals surface area (Å²) in [6.07, 6.45) is 5.69. The highest BCUT2D eigenvalue weighted by molar-refractivity contribution is 6.28. The van der Waals surface area contributed by atoms with Crippen molar-refractivity contribution in [3.05, 3.63) is 17.9 Å². The summed E-state index contributed by atoms with van der Waals surface area (Å²) in [6, 6.07) is 0. The molecule has 0 atom stereocenters. The Labute approximate surface area is 113 Å². The first-order valence-corrected chi connectivity index (χ1v) is 6.24. The lowest BCUT2D eigenvalue weighted by Crippen LogP contribution is -2.48. The monoisotopic (exact) mass is 281 g/mol. The van der Waals surface area contributed by atoms with Crippen molar-refractivity contribution in [1.29, 1.82) is 0 Å². The molecule has 2 aromatic rings. The van der Waals surface area contributed by atoms with Crippen LogP contribution < -0.4 is 5.32 Å². The van der Waals surface area contributed by atoms with Gasteiger partial charge in [-0.3, -0.25) is 0 Å². The van der Waals surface area contributed by atoms with Crippen LogP contribution in [0.3, 0.4) is 0 Å². The molecule has 1 fully saturated rings. The molecular formula is C10H12ClN7O. The summed E-state index contributed by atoms with van der Waals surface area (Å²) >= 11 is 5.87. The standard InChI is InChI=1S/C10H12ClN7O/c11-7-14-8(17-10(4-19)2-1-3-10)16-9(15-7)18-6-12-5-13-18/h5-6,19H,1-4H2,(H,14,15,16,17). The SMILES string of the molecule is OCC1(Nc2nc(Cl)nc(-n3cncn3)n2)CCC1. The van der Waals surface area contributed by atoms with E-state index in [1.165, 1.54) is 17.3 Å². The lowest BCUT2D eigenvalue weighted by atomic mass is 9.77. The molecular weight excluding hydrogens is 270 g/mol. The average Bonchev–Trinajstić information content (AvgIpc) is 2.87. The van der Waals surface area contributed by atoms with Gasteiger partial charge >= 0.3 is 0 Å². The molecule has 8 nitrogen and oxygen atoms in total. The second-order valence-electron chi connectivity index (χ2n) is 4.49. The van der Waals surface area contributed by atoms with E-state index in [9.17, 15) is 5.11 Å². The number of aliphatic hydroxyl groups excluding tert-OH is 1. The molecule has 2 heterocycles. The van der Waals surface area contributed by atoms with E-state index in [4.69, 9.17) is 11.6 Å². The molecule has 1 aliphatic carbocycles. The molecule has 0 bridgehead atoms. The van der Waals surface area contributed by atoms with Gasteiger partial charge in [-0.1, -0.05) is 0 Å². The molecule has 19 heavy (non-hydrogen) atoms. The van der Waals surface area contributed by atoms with Crippen LogP contribution in [0.25, 0.3) is 5.95 Å². The van der Waals surface area contributed by atoms with Crippen molar-refractivity contribution in [3.63, 3.8) is 0 Å². The number of halogens is 1. The van der Waals surface area contributed by atoms with Crippen LogP contribution in [0.4, 0.5) is 5.95 Å². The summed E-state index contributed by atoms with van der Waals surface area (Å²) in [7, 11) is 0. The van der Waals surface area contributed by atoms with Gasteiger partial charge in [-0.2, -0.15) is 24.7 Å². The van der Waals surface area contributed by atoms with E-state index in [-0.39, 0.29) is 23.4 Å². The third-order valence-electron chi connectivity index (χ3n) is 3.21. The summed E-state index contributed by atoms with van der Waals surface area (Å²) < 4.78 is 1.39. The molecule has 1 aliphatic rings. The highest BCUT2D eigenvalue weighted by Gasteiger charge is 2.37. The van der Waals surface area contributed by atoms with Gasteiger partial charge in [-0.25, -0.2) is 4.98 Å². The van der Waals surface area contributed by atoms with Crippen molar-refractivity contribution in [2.45, 2.75) is 24.8 Å². The van der Waals surface area contributed by atoms with Crippen LogP contribution >= 0.6 is 11.6 Å². The average molecular weight is 282 g/mol. The van der Waals surface area contributed by atoms with Gasteiger partial charge in [0.15, 0.2) is 0 Å². The van der Waals surface area contributed by atoms with E-state index < -0.39 is 0 Å². The smallest absolute Gasteiger partial charge is 0.258 e. The summed E-state index contributed by atoms with van der Waals surface area (Å²) in [4.78, 5) is 16.0. The predicted octanol–water partition coefficient (Wildman–Crippen LogP) is 0.433. The normalized spacial score (nSPS) is 16.9. The van der Waals surface area contributed by atoms with Crippen LogP contribution in [0.5, 0.6) is 0 Å². The fourth-order valence-electron chi connectivity index (χ4n) is 1.97. The number of nitrogens with one attached hydrogen (secondary N) is 1. The Bertz CT molecular complexity index is 564. The van der Waals surface area contributed by atoms with Crippen molar-refractivity contribution >= 4 is 17.5 Å². The lowest BCUT2D eigenvalue weighted by molar-refractivity contribution is 0.143. The highest BCUT2D eigenvalue weighted by Crippen LogP contribution is 2.34. The molecule has 9 heteroatoms. The first-order chi connectivity index (χ1) is 9.21. The van der Waals surface area contributed by atoms with E-state index in [0.29, 0.717) is 5.95 Å². The molecule has 3 rings (SSSR count). The highest BCUT2D eigenvalue weighted by atomic mass is 35.5. The van der Waals surface area contributed by atoms with E-state index in [0.717, 1.165) is 19.3 Å². The molecule has 100 valence electrons. The van der Waals surface area contributed by atoms with Crippen LogP contribution in [0, 0.1) is 0 Å². The van der Waals surface area contributed by atoms with Crippen molar-refractivity contribution in [1.82, 2.24) is 29.7 Å². The molecule has 0 radical (unpaired) electrons. The Kier molecular flexibility index (Phi) is 3.03. The predicted molar refractivity (Wildman–Crippen MR) is 67.0 cm³/mol. The first-order valence-electron chi connectivity index (χ1n) is 5.86. The number of anilines is 1. The Hall–Kier alpha value is -1.80. The maximum absolute atomic E-state index is 9.43. The van der Waals surface area contributed by atoms with Gasteiger partial charge in [-0.15, -0.1) is 0 Å². The molecule has 0 aromatic carbocycles. The Morgan fingerprint density at radius 3 is 2.79 bits per heavy atom. The van der Waals surface area contributed by atoms with E-state index in [1.807, 2.05) is 0 Å². The quantitative estimate of drug-likeness (QED) is 0.838. The largest absolute Gasteiger partial charge is 0.394 e. The number of hydrogen-bond donors (Lipinski definition) is 2. The minimum absolute atomic E-state index is 0.0367. The van der Waals surface area contributed by atoms with Crippen LogP contribution in [0.2, 0.25) is 5.28 Å². The molecule has 0 amide bonds. The topological polar surface area (TPSA) is 102 Å². The van der Waals surface area contributed by atoms with E-state index in [1.54, 1.807) is 0 Å². The summed E-state index contributed by atoms with van der Waals surface area (Å²) in [5.74, 6) is 0.617. The number of hydrogen-bond acceptors (Lipinski definition) is 7. The summed E-state index contributed by atoms with van der Waals surface area (Å²) in [5, 5.41) is 16.6. The number of nitrogens with zero attached hydrogens (tertiary/aromatic N) is 6. The van der Waals surface area contributed by atoms with Gasteiger partial charge in [0, 0.05) is 0 Å². The van der Waals surface area contributed by atoms with E-state index in [2.05, 4.69) is 30.4 Å². The maximum atomic E-state index is 9.43. The van der Waals surface area contributed by atoms with E-state index >= 15 is 0 Å². The maximum Gasteiger partial charge on any atom is 0.258 e. The molecule has 1 saturated carbocycles. The minimum Gasteiger partial charge on any atom is -0.394 e. The second kappa shape index (κ2) is 4.71. The second-order valence-corrected chi connectivity index (χ2v) is 4.82. The zero-order valence-corrected chi connectivity index (χ0v) is 10.7. The third kappa shape index (κ3) is 2.36. The third-order valence-corrected chi connectivity index (χ3v) is 3.38. The van der Waals surface area contributed by atoms with Crippen molar-refractivity contribution in [2.24, 2.45) is 0 Å². The minimum atomic E-state index is -0.343. The fourth-order valence-corrected chi connectivity index (χ4v) is 2.13. The van der Waals surface area contributed by atoms with Gasteiger partial charge in [-0.05, 0) is 30.9 Å². The van der Waals surface area contributed by atoms with Crippen molar-refractivity contribution in [3.8, 4) is 5.95 Å². The molecule has 0 aliphatic heterocycles. The number of aromatic nitrogens is 6. The number of rotatable bonds is 4. The molecule has 0 spiro atoms. The van der Waals surface area contributed by atoms with Gasteiger partial charge in [0.1, 0.15) is 12.7 Å². The summed E-state index contributed by atoms with van der Waals surface area (Å²) in [6.45, 7) is 0.0367. The molecule has 0 unspecified atom stereocenters. The molecule has 2 aromatic heterocycles. The zero-order valence-electron chi connectivity index (χ0n) is 9.99. The van der Waals surface area contributed by atoms with Crippen LogP contribution in [-0.4, -0.2) is 47.0 Å². The van der Waals surface area contributed by atoms with Crippen LogP contribution in [0.1, 0.15) is 19.3 Å². The van der Waals surface area contributed by atoms with Crippen LogP contribution in [-0.2, 0) is 0 Å². The Balaban J connectivity index is 1.90. The molecule has 0 saturated heterocycles. The number of aliphatic hydroxyl groups is 1. The van der Waals surface area contributed by atoms with Crippen molar-refractivity contribution < 1.29 is 5.11 Å².